The minimum absolute atomic E-state index is 0. The quantitative estimate of drug-likeness (QED) is 0.380. The number of rotatable bonds is 3. The molecule has 19 heavy (non-hydrogen) atoms. The maximum Gasteiger partial charge on any atom is 0.418 e. The molecule has 108 valence electrons. The molecule has 2 aliphatic heterocycles. The summed E-state index contributed by atoms with van der Waals surface area (Å²) in [5.41, 5.74) is 11.2. The maximum atomic E-state index is 10.6. The number of aliphatic imine (C=N–C) groups is 1. The Morgan fingerprint density at radius 1 is 1.42 bits per heavy atom. The second-order valence-electron chi connectivity index (χ2n) is 3.69. The third-order valence-corrected chi connectivity index (χ3v) is 2.71. The van der Waals surface area contributed by atoms with E-state index in [9.17, 15) is 8.42 Å². The molecule has 0 radical (unpaired) electrons. The van der Waals surface area contributed by atoms with Crippen LogP contribution in [0.4, 0.5) is 0 Å². The van der Waals surface area contributed by atoms with Gasteiger partial charge < -0.3 is 21.8 Å². The van der Waals surface area contributed by atoms with Gasteiger partial charge in [-0.25, -0.2) is 0 Å². The molecule has 0 amide bonds. The molecule has 2 rings (SSSR count). The molecular formula is C8H15N5O5S. The summed E-state index contributed by atoms with van der Waals surface area (Å²) in [6, 6.07) is 0. The van der Waals surface area contributed by atoms with Crippen molar-refractivity contribution >= 4 is 16.4 Å². The summed E-state index contributed by atoms with van der Waals surface area (Å²) in [7, 11) is -4.70. The first-order valence-corrected chi connectivity index (χ1v) is 6.41. The van der Waals surface area contributed by atoms with Gasteiger partial charge in [0.1, 0.15) is 12.0 Å². The van der Waals surface area contributed by atoms with E-state index in [1.807, 2.05) is 17.1 Å². The first-order valence-electron chi connectivity index (χ1n) is 5.04. The smallest absolute Gasteiger partial charge is 0.412 e. The largest absolute Gasteiger partial charge is 0.418 e. The summed E-state index contributed by atoms with van der Waals surface area (Å²) in [6.45, 7) is 1.35. The maximum absolute atomic E-state index is 10.6. The topological polar surface area (TPSA) is 166 Å². The van der Waals surface area contributed by atoms with Crippen LogP contribution in [0.15, 0.2) is 29.0 Å². The Morgan fingerprint density at radius 2 is 2.00 bits per heavy atom. The fourth-order valence-corrected chi connectivity index (χ4v) is 1.99. The van der Waals surface area contributed by atoms with Crippen LogP contribution < -0.4 is 11.5 Å². The highest BCUT2D eigenvalue weighted by molar-refractivity contribution is 7.80. The van der Waals surface area contributed by atoms with Gasteiger partial charge in [0.25, 0.3) is 0 Å². The molecule has 1 atom stereocenters. The van der Waals surface area contributed by atoms with Crippen LogP contribution in [0.2, 0.25) is 0 Å². The van der Waals surface area contributed by atoms with Crippen LogP contribution in [-0.4, -0.2) is 53.6 Å². The van der Waals surface area contributed by atoms with Crippen LogP contribution in [0.25, 0.3) is 0 Å². The highest BCUT2D eigenvalue weighted by Crippen LogP contribution is 2.17. The van der Waals surface area contributed by atoms with E-state index in [0.717, 1.165) is 0 Å². The van der Waals surface area contributed by atoms with Crippen LogP contribution in [0.5, 0.6) is 0 Å². The van der Waals surface area contributed by atoms with Crippen molar-refractivity contribution in [3.8, 4) is 0 Å². The van der Waals surface area contributed by atoms with E-state index in [0.29, 0.717) is 24.0 Å². The van der Waals surface area contributed by atoms with E-state index in [2.05, 4.69) is 9.28 Å². The normalized spacial score (nSPS) is 22.9. The number of guanidine groups is 1. The fraction of sp³-hybridized carbons (Fsp3) is 0.375. The van der Waals surface area contributed by atoms with Gasteiger partial charge in [0, 0.05) is 13.1 Å². The summed E-state index contributed by atoms with van der Waals surface area (Å²) >= 11 is 0. The summed E-state index contributed by atoms with van der Waals surface area (Å²) in [5.74, 6) is 0.282. The number of nitrogens with zero attached hydrogens (tertiary/aromatic N) is 3. The Bertz CT molecular complexity index is 520. The summed E-state index contributed by atoms with van der Waals surface area (Å²) in [4.78, 5) is 5.85. The fourth-order valence-electron chi connectivity index (χ4n) is 1.61. The van der Waals surface area contributed by atoms with E-state index in [-0.39, 0.29) is 11.4 Å². The van der Waals surface area contributed by atoms with E-state index in [1.165, 1.54) is 6.08 Å². The van der Waals surface area contributed by atoms with Gasteiger partial charge in [-0.2, -0.15) is 18.5 Å². The van der Waals surface area contributed by atoms with Crippen molar-refractivity contribution in [3.05, 3.63) is 24.0 Å². The average molecular weight is 293 g/mol. The van der Waals surface area contributed by atoms with Gasteiger partial charge in [-0.15, -0.1) is 4.28 Å². The van der Waals surface area contributed by atoms with Gasteiger partial charge in [-0.3, -0.25) is 4.55 Å². The molecule has 2 aliphatic rings. The number of hydroxylamine groups is 2. The summed E-state index contributed by atoms with van der Waals surface area (Å²) < 4.78 is 34.0. The predicted molar refractivity (Wildman–Crippen MR) is 66.5 cm³/mol. The van der Waals surface area contributed by atoms with Crippen LogP contribution in [0, 0.1) is 0 Å². The lowest BCUT2D eigenvalue weighted by atomic mass is 10.3. The molecule has 0 spiro atoms. The van der Waals surface area contributed by atoms with E-state index >= 15 is 0 Å². The molecule has 2 heterocycles. The van der Waals surface area contributed by atoms with Crippen LogP contribution in [-0.2, 0) is 14.7 Å². The minimum Gasteiger partial charge on any atom is -0.412 e. The SMILES string of the molecule is NC1=NC(N2CC=CC2)=CC(N)N1OS(=O)(=O)O.O. The molecule has 10 nitrogen and oxygen atoms in total. The van der Waals surface area contributed by atoms with E-state index < -0.39 is 16.6 Å². The molecule has 7 N–H and O–H groups in total. The Hall–Kier alpha value is -1.66. The lowest BCUT2D eigenvalue weighted by Crippen LogP contribution is -2.51. The molecular weight excluding hydrogens is 278 g/mol. The highest BCUT2D eigenvalue weighted by Gasteiger charge is 2.28. The molecule has 0 fully saturated rings. The molecule has 0 saturated heterocycles. The van der Waals surface area contributed by atoms with Gasteiger partial charge in [0.05, 0.1) is 0 Å². The Balaban J connectivity index is 0.00000180. The van der Waals surface area contributed by atoms with Crippen molar-refractivity contribution in [1.29, 1.82) is 0 Å². The van der Waals surface area contributed by atoms with Gasteiger partial charge in [-0.05, 0) is 6.08 Å². The standard InChI is InChI=1S/C8H13N5O4S.H2O/c9-6-5-7(12-3-1-2-4-12)11-8(10)13(6)17-18(14,15)16;/h1-2,5-6H,3-4,9H2,(H2,10,11)(H,14,15,16);1H2. The monoisotopic (exact) mass is 293 g/mol. The average Bonchev–Trinajstić information content (AvgIpc) is 2.75. The molecule has 11 heteroatoms. The van der Waals surface area contributed by atoms with Crippen LogP contribution >= 0.6 is 0 Å². The zero-order valence-electron chi connectivity index (χ0n) is 9.80. The molecule has 0 aromatic heterocycles. The van der Waals surface area contributed by atoms with Crippen molar-refractivity contribution in [2.24, 2.45) is 16.5 Å². The van der Waals surface area contributed by atoms with Crippen molar-refractivity contribution in [1.82, 2.24) is 9.96 Å². The van der Waals surface area contributed by atoms with Crippen LogP contribution in [0.1, 0.15) is 0 Å². The zero-order chi connectivity index (χ0) is 13.3. The van der Waals surface area contributed by atoms with E-state index in [1.54, 1.807) is 0 Å². The summed E-state index contributed by atoms with van der Waals surface area (Å²) in [6.07, 6.45) is 4.44. The first kappa shape index (κ1) is 15.4. The van der Waals surface area contributed by atoms with Gasteiger partial charge >= 0.3 is 10.4 Å². The number of hydrogen-bond acceptors (Lipinski definition) is 8. The lowest BCUT2D eigenvalue weighted by molar-refractivity contribution is -0.0130. The third kappa shape index (κ3) is 3.65. The molecule has 0 saturated carbocycles. The number of nitrogens with two attached hydrogens (primary N) is 2. The number of hydrogen-bond donors (Lipinski definition) is 3. The molecule has 1 unspecified atom stereocenters. The Kier molecular flexibility index (Phi) is 4.49. The third-order valence-electron chi connectivity index (χ3n) is 2.36. The second-order valence-corrected chi connectivity index (χ2v) is 4.69. The Morgan fingerprint density at radius 3 is 2.47 bits per heavy atom. The highest BCUT2D eigenvalue weighted by atomic mass is 32.3. The van der Waals surface area contributed by atoms with Gasteiger partial charge in [-0.1, -0.05) is 12.2 Å². The van der Waals surface area contributed by atoms with Crippen molar-refractivity contribution in [3.63, 3.8) is 0 Å². The Labute approximate surface area is 109 Å². The lowest BCUT2D eigenvalue weighted by Gasteiger charge is -2.30. The van der Waals surface area contributed by atoms with Gasteiger partial charge in [0.15, 0.2) is 0 Å². The van der Waals surface area contributed by atoms with Crippen LogP contribution in [0.3, 0.4) is 0 Å². The molecule has 0 aromatic rings. The van der Waals surface area contributed by atoms with Crippen molar-refractivity contribution in [2.45, 2.75) is 6.17 Å². The zero-order valence-corrected chi connectivity index (χ0v) is 10.6. The predicted octanol–water partition coefficient (Wildman–Crippen LogP) is -2.48. The summed E-state index contributed by atoms with van der Waals surface area (Å²) in [5, 5.41) is 0.613. The van der Waals surface area contributed by atoms with Gasteiger partial charge in [0.2, 0.25) is 5.96 Å². The van der Waals surface area contributed by atoms with E-state index in [4.69, 9.17) is 16.0 Å². The molecule has 0 aromatic carbocycles. The first-order chi connectivity index (χ1) is 8.37. The molecule has 0 aliphatic carbocycles. The van der Waals surface area contributed by atoms with Crippen molar-refractivity contribution in [2.75, 3.05) is 13.1 Å². The van der Waals surface area contributed by atoms with Crippen molar-refractivity contribution < 1.29 is 22.7 Å². The second kappa shape index (κ2) is 5.54. The molecule has 0 bridgehead atoms. The minimum atomic E-state index is -4.70.